The molecule has 1 aromatic carbocycles. The average molecular weight is 262 g/mol. The first-order valence-corrected chi connectivity index (χ1v) is 5.90. The molecule has 0 aromatic heterocycles. The number of hydrogen-bond acceptors (Lipinski definition) is 4. The van der Waals surface area contributed by atoms with Gasteiger partial charge in [0, 0.05) is 23.4 Å². The molecule has 0 radical (unpaired) electrons. The first kappa shape index (κ1) is 13.1. The molecular weight excluding hydrogens is 248 g/mol. The van der Waals surface area contributed by atoms with Gasteiger partial charge in [0.25, 0.3) is 5.69 Å². The largest absolute Gasteiger partial charge is 0.481 e. The highest BCUT2D eigenvalue weighted by atomic mass is 16.6. The van der Waals surface area contributed by atoms with Crippen molar-refractivity contribution in [3.05, 3.63) is 46.0 Å². The Morgan fingerprint density at radius 3 is 2.79 bits per heavy atom. The predicted octanol–water partition coefficient (Wildman–Crippen LogP) is 2.34. The Balaban J connectivity index is 2.09. The molecule has 6 nitrogen and oxygen atoms in total. The highest BCUT2D eigenvalue weighted by molar-refractivity contribution is 5.73. The summed E-state index contributed by atoms with van der Waals surface area (Å²) in [4.78, 5) is 21.2. The predicted molar refractivity (Wildman–Crippen MR) is 70.1 cm³/mol. The van der Waals surface area contributed by atoms with Crippen molar-refractivity contribution in [1.82, 2.24) is 0 Å². The summed E-state index contributed by atoms with van der Waals surface area (Å²) < 4.78 is 0. The lowest BCUT2D eigenvalue weighted by Gasteiger charge is -2.13. The van der Waals surface area contributed by atoms with E-state index in [0.29, 0.717) is 17.7 Å². The van der Waals surface area contributed by atoms with Crippen molar-refractivity contribution in [3.8, 4) is 0 Å². The monoisotopic (exact) mass is 262 g/mol. The Morgan fingerprint density at radius 1 is 1.47 bits per heavy atom. The summed E-state index contributed by atoms with van der Waals surface area (Å²) in [5.74, 6) is -1.34. The zero-order valence-electron chi connectivity index (χ0n) is 10.4. The second kappa shape index (κ2) is 5.09. The van der Waals surface area contributed by atoms with Crippen LogP contribution in [0.25, 0.3) is 0 Å². The molecule has 2 rings (SSSR count). The van der Waals surface area contributed by atoms with Crippen molar-refractivity contribution in [3.63, 3.8) is 0 Å². The van der Waals surface area contributed by atoms with Crippen LogP contribution in [0, 0.1) is 23.0 Å². The highest BCUT2D eigenvalue weighted by Crippen LogP contribution is 2.26. The van der Waals surface area contributed by atoms with Gasteiger partial charge in [-0.1, -0.05) is 18.2 Å². The van der Waals surface area contributed by atoms with Gasteiger partial charge in [0.15, 0.2) is 0 Å². The van der Waals surface area contributed by atoms with Crippen LogP contribution in [0.3, 0.4) is 0 Å². The lowest BCUT2D eigenvalue weighted by atomic mass is 10.1. The molecule has 1 aliphatic rings. The maximum atomic E-state index is 10.8. The Labute approximate surface area is 109 Å². The van der Waals surface area contributed by atoms with E-state index in [1.54, 1.807) is 31.2 Å². The van der Waals surface area contributed by atoms with Crippen LogP contribution in [0.1, 0.15) is 12.0 Å². The molecule has 19 heavy (non-hydrogen) atoms. The van der Waals surface area contributed by atoms with Crippen LogP contribution in [0.2, 0.25) is 0 Å². The molecule has 0 saturated heterocycles. The summed E-state index contributed by atoms with van der Waals surface area (Å²) in [5.41, 5.74) is 1.28. The van der Waals surface area contributed by atoms with Crippen LogP contribution in [0.15, 0.2) is 30.4 Å². The molecule has 0 heterocycles. The molecule has 0 saturated carbocycles. The van der Waals surface area contributed by atoms with Crippen molar-refractivity contribution >= 4 is 17.3 Å². The van der Waals surface area contributed by atoms with E-state index in [1.165, 1.54) is 6.07 Å². The third-order valence-corrected chi connectivity index (χ3v) is 3.16. The summed E-state index contributed by atoms with van der Waals surface area (Å²) in [6, 6.07) is 4.79. The summed E-state index contributed by atoms with van der Waals surface area (Å²) >= 11 is 0. The van der Waals surface area contributed by atoms with Crippen molar-refractivity contribution < 1.29 is 14.8 Å². The smallest absolute Gasteiger partial charge is 0.310 e. The van der Waals surface area contributed by atoms with Crippen LogP contribution in [0.5, 0.6) is 0 Å². The Morgan fingerprint density at radius 2 is 2.21 bits per heavy atom. The first-order valence-electron chi connectivity index (χ1n) is 5.90. The number of hydrogen-bond donors (Lipinski definition) is 2. The van der Waals surface area contributed by atoms with E-state index in [-0.39, 0.29) is 11.7 Å². The van der Waals surface area contributed by atoms with E-state index in [1.807, 2.05) is 0 Å². The van der Waals surface area contributed by atoms with E-state index in [9.17, 15) is 14.9 Å². The number of anilines is 1. The number of benzene rings is 1. The van der Waals surface area contributed by atoms with Crippen LogP contribution >= 0.6 is 0 Å². The molecule has 0 amide bonds. The molecule has 0 aliphatic heterocycles. The normalized spacial score (nSPS) is 21.3. The lowest BCUT2D eigenvalue weighted by molar-refractivity contribution is -0.385. The van der Waals surface area contributed by atoms with Crippen LogP contribution in [-0.2, 0) is 4.79 Å². The van der Waals surface area contributed by atoms with Crippen LogP contribution < -0.4 is 5.32 Å². The van der Waals surface area contributed by atoms with Crippen molar-refractivity contribution in [2.75, 3.05) is 5.32 Å². The van der Waals surface area contributed by atoms with Gasteiger partial charge < -0.3 is 10.4 Å². The van der Waals surface area contributed by atoms with Crippen molar-refractivity contribution in [1.29, 1.82) is 0 Å². The number of nitrogens with zero attached hydrogens (tertiary/aromatic N) is 1. The lowest BCUT2D eigenvalue weighted by Crippen LogP contribution is -2.18. The quantitative estimate of drug-likeness (QED) is 0.493. The zero-order chi connectivity index (χ0) is 14.0. The number of carbonyl (C=O) groups is 1. The fourth-order valence-electron chi connectivity index (χ4n) is 2.10. The summed E-state index contributed by atoms with van der Waals surface area (Å²) in [7, 11) is 0. The second-order valence-electron chi connectivity index (χ2n) is 4.57. The maximum Gasteiger partial charge on any atom is 0.310 e. The number of nitro benzene ring substituents is 1. The van der Waals surface area contributed by atoms with E-state index in [2.05, 4.69) is 5.32 Å². The van der Waals surface area contributed by atoms with Crippen LogP contribution in [-0.4, -0.2) is 22.0 Å². The molecule has 0 bridgehead atoms. The first-order chi connectivity index (χ1) is 8.97. The maximum absolute atomic E-state index is 10.8. The zero-order valence-corrected chi connectivity index (χ0v) is 10.4. The molecule has 2 unspecified atom stereocenters. The van der Waals surface area contributed by atoms with Gasteiger partial charge >= 0.3 is 5.97 Å². The fraction of sp³-hybridized carbons (Fsp3) is 0.308. The SMILES string of the molecule is Cc1ccc(NC2C=CC(C(=O)O)C2)cc1[N+](=O)[O-]. The van der Waals surface area contributed by atoms with Gasteiger partial charge in [-0.2, -0.15) is 0 Å². The van der Waals surface area contributed by atoms with Gasteiger partial charge in [-0.3, -0.25) is 14.9 Å². The molecule has 2 N–H and O–H groups in total. The molecule has 0 fully saturated rings. The molecule has 1 aliphatic carbocycles. The third-order valence-electron chi connectivity index (χ3n) is 3.16. The molecule has 2 atom stereocenters. The molecule has 0 spiro atoms. The Bertz CT molecular complexity index is 554. The number of nitro groups is 1. The van der Waals surface area contributed by atoms with Crippen molar-refractivity contribution in [2.24, 2.45) is 5.92 Å². The minimum absolute atomic E-state index is 0.0572. The number of rotatable bonds is 4. The fourth-order valence-corrected chi connectivity index (χ4v) is 2.10. The standard InChI is InChI=1S/C13H14N2O4/c1-8-2-4-11(7-12(8)15(18)19)14-10-5-3-9(6-10)13(16)17/h2-5,7,9-10,14H,6H2,1H3,(H,16,17). The number of carboxylic acid groups (broad SMARTS) is 1. The van der Waals surface area contributed by atoms with E-state index in [0.717, 1.165) is 0 Å². The highest BCUT2D eigenvalue weighted by Gasteiger charge is 2.24. The van der Waals surface area contributed by atoms with Gasteiger partial charge in [-0.25, -0.2) is 0 Å². The van der Waals surface area contributed by atoms with Gasteiger partial charge in [0.05, 0.1) is 10.8 Å². The second-order valence-corrected chi connectivity index (χ2v) is 4.57. The van der Waals surface area contributed by atoms with Crippen molar-refractivity contribution in [2.45, 2.75) is 19.4 Å². The summed E-state index contributed by atoms with van der Waals surface area (Å²) in [6.07, 6.45) is 3.88. The van der Waals surface area contributed by atoms with Gasteiger partial charge in [0.1, 0.15) is 0 Å². The Kier molecular flexibility index (Phi) is 3.50. The van der Waals surface area contributed by atoms with Crippen LogP contribution in [0.4, 0.5) is 11.4 Å². The average Bonchev–Trinajstić information content (AvgIpc) is 2.80. The molecule has 100 valence electrons. The minimum atomic E-state index is -0.851. The summed E-state index contributed by atoms with van der Waals surface area (Å²) in [5, 5.41) is 22.8. The minimum Gasteiger partial charge on any atom is -0.481 e. The molecule has 6 heteroatoms. The Hall–Kier alpha value is -2.37. The third kappa shape index (κ3) is 2.90. The van der Waals surface area contributed by atoms with E-state index < -0.39 is 16.8 Å². The van der Waals surface area contributed by atoms with Gasteiger partial charge in [0.2, 0.25) is 0 Å². The van der Waals surface area contributed by atoms with Gasteiger partial charge in [-0.05, 0) is 19.4 Å². The summed E-state index contributed by atoms with van der Waals surface area (Å²) in [6.45, 7) is 1.68. The topological polar surface area (TPSA) is 92.5 Å². The number of aryl methyl sites for hydroxylation is 1. The molecular formula is C13H14N2O4. The number of carboxylic acids is 1. The van der Waals surface area contributed by atoms with E-state index in [4.69, 9.17) is 5.11 Å². The van der Waals surface area contributed by atoms with Gasteiger partial charge in [-0.15, -0.1) is 0 Å². The molecule has 1 aromatic rings. The number of nitrogens with one attached hydrogen (secondary N) is 1. The van der Waals surface area contributed by atoms with E-state index >= 15 is 0 Å². The number of aliphatic carboxylic acids is 1.